The van der Waals surface area contributed by atoms with Gasteiger partial charge in [0.25, 0.3) is 0 Å². The Bertz CT molecular complexity index is 383. The first kappa shape index (κ1) is 9.83. The zero-order valence-electron chi connectivity index (χ0n) is 8.73. The predicted molar refractivity (Wildman–Crippen MR) is 60.5 cm³/mol. The van der Waals surface area contributed by atoms with Crippen molar-refractivity contribution in [3.05, 3.63) is 23.8 Å². The Morgan fingerprint density at radius 2 is 2.20 bits per heavy atom. The topological polar surface area (TPSA) is 72.3 Å². The molecule has 0 radical (unpaired) electrons. The molecule has 80 valence electrons. The highest BCUT2D eigenvalue weighted by Crippen LogP contribution is 2.28. The summed E-state index contributed by atoms with van der Waals surface area (Å²) in [5, 5.41) is 0. The molecule has 1 amide bonds. The molecule has 1 saturated heterocycles. The molecule has 4 N–H and O–H groups in total. The Morgan fingerprint density at radius 3 is 2.67 bits per heavy atom. The second kappa shape index (κ2) is 3.46. The van der Waals surface area contributed by atoms with Crippen molar-refractivity contribution in [2.75, 3.05) is 17.2 Å². The summed E-state index contributed by atoms with van der Waals surface area (Å²) in [6.07, 6.45) is 0.836. The minimum absolute atomic E-state index is 0.161. The predicted octanol–water partition coefficient (Wildman–Crippen LogP) is 0.641. The third-order valence-electron chi connectivity index (χ3n) is 2.76. The van der Waals surface area contributed by atoms with Gasteiger partial charge in [-0.2, -0.15) is 0 Å². The van der Waals surface area contributed by atoms with Crippen LogP contribution in [0.15, 0.2) is 18.2 Å². The number of hydrogen-bond donors (Lipinski definition) is 2. The van der Waals surface area contributed by atoms with Crippen LogP contribution in [0.3, 0.4) is 0 Å². The van der Waals surface area contributed by atoms with Gasteiger partial charge in [-0.25, -0.2) is 0 Å². The molecule has 1 aliphatic heterocycles. The van der Waals surface area contributed by atoms with Crippen LogP contribution in [0.4, 0.5) is 11.4 Å². The Kier molecular flexibility index (Phi) is 2.26. The van der Waals surface area contributed by atoms with E-state index in [-0.39, 0.29) is 11.9 Å². The summed E-state index contributed by atoms with van der Waals surface area (Å²) in [5.74, 6) is -0.263. The van der Waals surface area contributed by atoms with Gasteiger partial charge in [-0.1, -0.05) is 0 Å². The maximum absolute atomic E-state index is 11.1. The van der Waals surface area contributed by atoms with Gasteiger partial charge in [0.1, 0.15) is 6.04 Å². The number of anilines is 2. The summed E-state index contributed by atoms with van der Waals surface area (Å²) in [6.45, 7) is 2.86. The number of nitrogens with two attached hydrogens (primary N) is 2. The van der Waals surface area contributed by atoms with E-state index in [9.17, 15) is 4.79 Å². The highest BCUT2D eigenvalue weighted by Gasteiger charge is 2.32. The van der Waals surface area contributed by atoms with Gasteiger partial charge in [-0.15, -0.1) is 0 Å². The lowest BCUT2D eigenvalue weighted by Gasteiger charge is -2.41. The number of nitrogens with zero attached hydrogens (tertiary/aromatic N) is 1. The summed E-state index contributed by atoms with van der Waals surface area (Å²) in [6, 6.07) is 5.64. The zero-order chi connectivity index (χ0) is 11.0. The third-order valence-corrected chi connectivity index (χ3v) is 2.76. The van der Waals surface area contributed by atoms with Crippen molar-refractivity contribution in [2.45, 2.75) is 19.4 Å². The Morgan fingerprint density at radius 1 is 1.47 bits per heavy atom. The molecule has 15 heavy (non-hydrogen) atoms. The fourth-order valence-electron chi connectivity index (χ4n) is 1.95. The monoisotopic (exact) mass is 205 g/mol. The molecule has 1 aliphatic rings. The van der Waals surface area contributed by atoms with Gasteiger partial charge >= 0.3 is 0 Å². The first-order chi connectivity index (χ1) is 7.08. The third kappa shape index (κ3) is 1.75. The van der Waals surface area contributed by atoms with E-state index in [1.165, 1.54) is 0 Å². The molecule has 1 atom stereocenters. The molecule has 2 rings (SSSR count). The molecular weight excluding hydrogens is 190 g/mol. The minimum Gasteiger partial charge on any atom is -0.399 e. The molecule has 0 spiro atoms. The molecule has 0 saturated carbocycles. The largest absolute Gasteiger partial charge is 0.399 e. The lowest BCUT2D eigenvalue weighted by atomic mass is 10.0. The van der Waals surface area contributed by atoms with Crippen molar-refractivity contribution >= 4 is 17.3 Å². The number of carbonyl (C=O) groups excluding carboxylic acids is 1. The molecule has 0 aromatic heterocycles. The molecule has 1 heterocycles. The van der Waals surface area contributed by atoms with E-state index in [0.29, 0.717) is 0 Å². The number of amides is 1. The van der Waals surface area contributed by atoms with E-state index in [1.807, 2.05) is 30.0 Å². The van der Waals surface area contributed by atoms with Crippen molar-refractivity contribution in [1.82, 2.24) is 0 Å². The van der Waals surface area contributed by atoms with E-state index in [1.54, 1.807) is 0 Å². The Labute approximate surface area is 88.9 Å². The van der Waals surface area contributed by atoms with Crippen molar-refractivity contribution in [1.29, 1.82) is 0 Å². The van der Waals surface area contributed by atoms with Crippen molar-refractivity contribution in [3.8, 4) is 0 Å². The number of carbonyl (C=O) groups is 1. The first-order valence-electron chi connectivity index (χ1n) is 5.01. The summed E-state index contributed by atoms with van der Waals surface area (Å²) in [5.41, 5.74) is 13.9. The van der Waals surface area contributed by atoms with Crippen LogP contribution in [0.5, 0.6) is 0 Å². The molecule has 0 aliphatic carbocycles. The maximum atomic E-state index is 11.1. The van der Waals surface area contributed by atoms with Gasteiger partial charge in [-0.3, -0.25) is 4.79 Å². The summed E-state index contributed by atoms with van der Waals surface area (Å²) in [4.78, 5) is 13.1. The van der Waals surface area contributed by atoms with Crippen molar-refractivity contribution in [3.63, 3.8) is 0 Å². The quantitative estimate of drug-likeness (QED) is 0.696. The van der Waals surface area contributed by atoms with E-state index in [0.717, 1.165) is 29.9 Å². The lowest BCUT2D eigenvalue weighted by molar-refractivity contribution is -0.120. The van der Waals surface area contributed by atoms with E-state index in [4.69, 9.17) is 11.5 Å². The van der Waals surface area contributed by atoms with Crippen LogP contribution in [-0.2, 0) is 4.79 Å². The molecule has 4 nitrogen and oxygen atoms in total. The van der Waals surface area contributed by atoms with Crippen LogP contribution in [-0.4, -0.2) is 18.5 Å². The molecule has 1 aromatic rings. The Hall–Kier alpha value is -1.71. The zero-order valence-corrected chi connectivity index (χ0v) is 8.73. The molecule has 1 fully saturated rings. The van der Waals surface area contributed by atoms with E-state index < -0.39 is 0 Å². The van der Waals surface area contributed by atoms with Gasteiger partial charge in [0.15, 0.2) is 0 Å². The van der Waals surface area contributed by atoms with E-state index in [2.05, 4.69) is 0 Å². The van der Waals surface area contributed by atoms with Crippen LogP contribution in [0.2, 0.25) is 0 Å². The number of primary amides is 1. The number of hydrogen-bond acceptors (Lipinski definition) is 3. The average molecular weight is 205 g/mol. The maximum Gasteiger partial charge on any atom is 0.240 e. The fraction of sp³-hybridized carbons (Fsp3) is 0.364. The lowest BCUT2D eigenvalue weighted by Crippen LogP contribution is -2.55. The standard InChI is InChI=1S/C11H15N3O/c1-7-4-8(12)6-9(5-7)14-3-2-10(14)11(13)15/h4-6,10H,2-3,12H2,1H3,(H2,13,15). The minimum atomic E-state index is -0.263. The molecule has 1 aromatic carbocycles. The second-order valence-corrected chi connectivity index (χ2v) is 4.00. The van der Waals surface area contributed by atoms with Gasteiger partial charge in [0.2, 0.25) is 5.91 Å². The normalized spacial score (nSPS) is 19.8. The summed E-state index contributed by atoms with van der Waals surface area (Å²) >= 11 is 0. The average Bonchev–Trinajstić information content (AvgIpc) is 1.97. The highest BCUT2D eigenvalue weighted by molar-refractivity contribution is 5.85. The van der Waals surface area contributed by atoms with Gasteiger partial charge in [0, 0.05) is 17.9 Å². The molecule has 0 bridgehead atoms. The fourth-order valence-corrected chi connectivity index (χ4v) is 1.95. The summed E-state index contributed by atoms with van der Waals surface area (Å²) in [7, 11) is 0. The second-order valence-electron chi connectivity index (χ2n) is 4.00. The molecular formula is C11H15N3O. The van der Waals surface area contributed by atoms with Gasteiger partial charge in [0.05, 0.1) is 0 Å². The van der Waals surface area contributed by atoms with E-state index >= 15 is 0 Å². The highest BCUT2D eigenvalue weighted by atomic mass is 16.1. The molecule has 4 heteroatoms. The number of benzene rings is 1. The SMILES string of the molecule is Cc1cc(N)cc(N2CCC2C(N)=O)c1. The van der Waals surface area contributed by atoms with Crippen molar-refractivity contribution in [2.24, 2.45) is 5.73 Å². The van der Waals surface area contributed by atoms with Crippen LogP contribution < -0.4 is 16.4 Å². The molecule has 1 unspecified atom stereocenters. The van der Waals surface area contributed by atoms with Crippen LogP contribution in [0.1, 0.15) is 12.0 Å². The van der Waals surface area contributed by atoms with Crippen molar-refractivity contribution < 1.29 is 4.79 Å². The number of rotatable bonds is 2. The smallest absolute Gasteiger partial charge is 0.240 e. The van der Waals surface area contributed by atoms with Crippen LogP contribution in [0, 0.1) is 6.92 Å². The van der Waals surface area contributed by atoms with Gasteiger partial charge < -0.3 is 16.4 Å². The van der Waals surface area contributed by atoms with Gasteiger partial charge in [-0.05, 0) is 37.1 Å². The number of nitrogen functional groups attached to an aromatic ring is 1. The Balaban J connectivity index is 2.26. The first-order valence-corrected chi connectivity index (χ1v) is 5.01. The summed E-state index contributed by atoms with van der Waals surface area (Å²) < 4.78 is 0. The number of aryl methyl sites for hydroxylation is 1. The van der Waals surface area contributed by atoms with Crippen LogP contribution in [0.25, 0.3) is 0 Å². The van der Waals surface area contributed by atoms with Crippen LogP contribution >= 0.6 is 0 Å².